The molecular formula is C23H23N3O3S. The number of methoxy groups -OCH3 is 1. The van der Waals surface area contributed by atoms with Gasteiger partial charge in [0, 0.05) is 29.9 Å². The van der Waals surface area contributed by atoms with Gasteiger partial charge in [-0.15, -0.1) is 11.8 Å². The summed E-state index contributed by atoms with van der Waals surface area (Å²) in [6, 6.07) is 5.83. The molecule has 0 saturated carbocycles. The number of fused-ring (bicyclic) bond motifs is 1. The maximum atomic E-state index is 12.1. The van der Waals surface area contributed by atoms with Crippen molar-refractivity contribution in [2.45, 2.75) is 12.3 Å². The van der Waals surface area contributed by atoms with Gasteiger partial charge in [0.05, 0.1) is 7.11 Å². The number of amides is 1. The highest BCUT2D eigenvalue weighted by Crippen LogP contribution is 2.39. The molecule has 4 rings (SSSR count). The van der Waals surface area contributed by atoms with Crippen LogP contribution < -0.4 is 14.8 Å². The summed E-state index contributed by atoms with van der Waals surface area (Å²) in [6.07, 6.45) is 10.2. The van der Waals surface area contributed by atoms with Gasteiger partial charge in [0.25, 0.3) is 0 Å². The van der Waals surface area contributed by atoms with Crippen LogP contribution >= 0.6 is 11.8 Å². The van der Waals surface area contributed by atoms with Crippen LogP contribution in [0, 0.1) is 0 Å². The van der Waals surface area contributed by atoms with E-state index < -0.39 is 0 Å². The van der Waals surface area contributed by atoms with Crippen molar-refractivity contribution in [1.29, 1.82) is 0 Å². The Labute approximate surface area is 179 Å². The fraction of sp³-hybridized carbons (Fsp3) is 0.217. The SMILES string of the molecule is C=C1/C=C\C=C(\COc2ccc(C3CC(=O)Nc4n[nH]cc43)cc2OC)CS/C=C\1. The number of thioether (sulfide) groups is 1. The number of benzene rings is 1. The number of carbonyl (C=O) groups excluding carboxylic acids is 1. The summed E-state index contributed by atoms with van der Waals surface area (Å²) in [5.74, 6) is 2.62. The molecule has 2 aliphatic heterocycles. The minimum atomic E-state index is -0.0751. The van der Waals surface area contributed by atoms with Gasteiger partial charge < -0.3 is 14.8 Å². The van der Waals surface area contributed by atoms with Crippen LogP contribution in [-0.2, 0) is 4.79 Å². The number of aromatic amines is 1. The summed E-state index contributed by atoms with van der Waals surface area (Å²) in [6.45, 7) is 4.43. The van der Waals surface area contributed by atoms with Gasteiger partial charge >= 0.3 is 0 Å². The molecule has 2 N–H and O–H groups in total. The predicted molar refractivity (Wildman–Crippen MR) is 120 cm³/mol. The molecule has 6 nitrogen and oxygen atoms in total. The second-order valence-electron chi connectivity index (χ2n) is 7.07. The van der Waals surface area contributed by atoms with Gasteiger partial charge in [-0.25, -0.2) is 0 Å². The molecule has 1 aromatic carbocycles. The molecule has 2 aliphatic rings. The standard InChI is InChI=1S/C23H23N3O3S/c1-15-4-3-5-16(14-30-9-8-15)13-29-20-7-6-17(10-21(20)28-2)18-11-22(27)25-23-19(18)12-24-26-23/h3-10,12,18H,1,11,13-14H2,2H3,(H2,24,25,26,27)/b4-3-,9-8-,16-5-. The Kier molecular flexibility index (Phi) is 6.09. The summed E-state index contributed by atoms with van der Waals surface area (Å²) in [5.41, 5.74) is 4.09. The van der Waals surface area contributed by atoms with E-state index in [9.17, 15) is 4.79 Å². The molecule has 0 radical (unpaired) electrons. The van der Waals surface area contributed by atoms with Crippen LogP contribution in [0.5, 0.6) is 11.5 Å². The van der Waals surface area contributed by atoms with E-state index in [2.05, 4.69) is 28.2 Å². The van der Waals surface area contributed by atoms with Gasteiger partial charge in [-0.1, -0.05) is 30.9 Å². The predicted octanol–water partition coefficient (Wildman–Crippen LogP) is 4.57. The third kappa shape index (κ3) is 4.52. The average molecular weight is 422 g/mol. The van der Waals surface area contributed by atoms with Gasteiger partial charge in [-0.2, -0.15) is 5.10 Å². The topological polar surface area (TPSA) is 76.2 Å². The minimum Gasteiger partial charge on any atom is -0.493 e. The zero-order chi connectivity index (χ0) is 20.9. The van der Waals surface area contributed by atoms with E-state index in [1.165, 1.54) is 0 Å². The van der Waals surface area contributed by atoms with E-state index in [4.69, 9.17) is 9.47 Å². The number of rotatable bonds is 5. The second-order valence-corrected chi connectivity index (χ2v) is 7.96. The molecule has 154 valence electrons. The molecule has 0 saturated heterocycles. The van der Waals surface area contributed by atoms with E-state index in [1.807, 2.05) is 48.0 Å². The van der Waals surface area contributed by atoms with Crippen molar-refractivity contribution in [3.8, 4) is 11.5 Å². The van der Waals surface area contributed by atoms with E-state index >= 15 is 0 Å². The molecular weight excluding hydrogens is 398 g/mol. The Morgan fingerprint density at radius 1 is 1.30 bits per heavy atom. The highest BCUT2D eigenvalue weighted by Gasteiger charge is 2.29. The molecule has 3 heterocycles. The first kappa shape index (κ1) is 20.1. The molecule has 1 unspecified atom stereocenters. The summed E-state index contributed by atoms with van der Waals surface area (Å²) >= 11 is 1.71. The molecule has 1 amide bonds. The van der Waals surface area contributed by atoms with Crippen LogP contribution in [-0.4, -0.2) is 35.6 Å². The van der Waals surface area contributed by atoms with Crippen LogP contribution in [0.2, 0.25) is 0 Å². The normalized spacial score (nSPS) is 22.4. The van der Waals surface area contributed by atoms with Crippen LogP contribution in [0.1, 0.15) is 23.5 Å². The van der Waals surface area contributed by atoms with Crippen LogP contribution in [0.25, 0.3) is 0 Å². The summed E-state index contributed by atoms with van der Waals surface area (Å²) in [7, 11) is 1.62. The third-order valence-corrected chi connectivity index (χ3v) is 5.85. The number of nitrogens with one attached hydrogen (secondary N) is 2. The molecule has 2 aromatic rings. The second kappa shape index (κ2) is 9.09. The zero-order valence-corrected chi connectivity index (χ0v) is 17.5. The number of anilines is 1. The number of carbonyl (C=O) groups is 1. The number of H-pyrrole nitrogens is 1. The number of hydrogen-bond donors (Lipinski definition) is 2. The molecule has 0 aliphatic carbocycles. The molecule has 1 aromatic heterocycles. The van der Waals surface area contributed by atoms with Gasteiger partial charge in [0.1, 0.15) is 6.61 Å². The number of nitrogens with zero attached hydrogens (tertiary/aromatic N) is 1. The average Bonchev–Trinajstić information content (AvgIpc) is 3.24. The Morgan fingerprint density at radius 2 is 2.20 bits per heavy atom. The minimum absolute atomic E-state index is 0.0479. The Morgan fingerprint density at radius 3 is 3.07 bits per heavy atom. The summed E-state index contributed by atoms with van der Waals surface area (Å²) < 4.78 is 11.6. The third-order valence-electron chi connectivity index (χ3n) is 4.99. The van der Waals surface area contributed by atoms with Gasteiger partial charge in [0.15, 0.2) is 17.3 Å². The van der Waals surface area contributed by atoms with Gasteiger partial charge in [-0.3, -0.25) is 9.89 Å². The number of hydrogen-bond acceptors (Lipinski definition) is 5. The van der Waals surface area contributed by atoms with Crippen LogP contribution in [0.15, 0.2) is 71.8 Å². The smallest absolute Gasteiger partial charge is 0.226 e. The number of allylic oxidation sites excluding steroid dienone is 5. The van der Waals surface area contributed by atoms with Crippen molar-refractivity contribution in [1.82, 2.24) is 10.2 Å². The first-order chi connectivity index (χ1) is 14.6. The van der Waals surface area contributed by atoms with Crippen molar-refractivity contribution in [3.05, 3.63) is 83.0 Å². The fourth-order valence-electron chi connectivity index (χ4n) is 3.42. The molecule has 1 atom stereocenters. The van der Waals surface area contributed by atoms with Gasteiger partial charge in [-0.05, 0) is 40.3 Å². The van der Waals surface area contributed by atoms with Crippen LogP contribution in [0.3, 0.4) is 0 Å². The molecule has 7 heteroatoms. The highest BCUT2D eigenvalue weighted by atomic mass is 32.2. The van der Waals surface area contributed by atoms with E-state index in [0.29, 0.717) is 30.3 Å². The quantitative estimate of drug-likeness (QED) is 0.740. The Bertz CT molecular complexity index is 1050. The number of aromatic nitrogens is 2. The lowest BCUT2D eigenvalue weighted by Crippen LogP contribution is -2.23. The van der Waals surface area contributed by atoms with Crippen LogP contribution in [0.4, 0.5) is 5.82 Å². The Balaban J connectivity index is 1.52. The lowest BCUT2D eigenvalue weighted by molar-refractivity contribution is -0.116. The van der Waals surface area contributed by atoms with Gasteiger partial charge in [0.2, 0.25) is 5.91 Å². The lowest BCUT2D eigenvalue weighted by atomic mass is 9.87. The highest BCUT2D eigenvalue weighted by molar-refractivity contribution is 8.02. The summed E-state index contributed by atoms with van der Waals surface area (Å²) in [4.78, 5) is 12.1. The maximum Gasteiger partial charge on any atom is 0.226 e. The summed E-state index contributed by atoms with van der Waals surface area (Å²) in [5, 5.41) is 11.8. The fourth-order valence-corrected chi connectivity index (χ4v) is 4.18. The van der Waals surface area contributed by atoms with Crippen molar-refractivity contribution in [3.63, 3.8) is 0 Å². The van der Waals surface area contributed by atoms with Crippen molar-refractivity contribution in [2.75, 3.05) is 24.8 Å². The lowest BCUT2D eigenvalue weighted by Gasteiger charge is -2.23. The van der Waals surface area contributed by atoms with E-state index in [0.717, 1.165) is 28.0 Å². The molecule has 0 spiro atoms. The first-order valence-corrected chi connectivity index (χ1v) is 10.7. The van der Waals surface area contributed by atoms with E-state index in [1.54, 1.807) is 18.9 Å². The molecule has 0 fully saturated rings. The van der Waals surface area contributed by atoms with E-state index in [-0.39, 0.29) is 11.8 Å². The number of ether oxygens (including phenoxy) is 2. The van der Waals surface area contributed by atoms with Crippen molar-refractivity contribution < 1.29 is 14.3 Å². The molecule has 30 heavy (non-hydrogen) atoms. The Hall–Kier alpha value is -3.19. The maximum absolute atomic E-state index is 12.1. The van der Waals surface area contributed by atoms with Crippen molar-refractivity contribution >= 4 is 23.5 Å². The first-order valence-electron chi connectivity index (χ1n) is 9.61. The monoisotopic (exact) mass is 421 g/mol. The zero-order valence-electron chi connectivity index (χ0n) is 16.7. The van der Waals surface area contributed by atoms with Crippen molar-refractivity contribution in [2.24, 2.45) is 0 Å². The largest absolute Gasteiger partial charge is 0.493 e. The molecule has 0 bridgehead atoms.